The Morgan fingerprint density at radius 1 is 0.833 bits per heavy atom. The smallest absolute Gasteiger partial charge is 0.128 e. The van der Waals surface area contributed by atoms with Crippen LogP contribution in [0.25, 0.3) is 11.3 Å². The summed E-state index contributed by atoms with van der Waals surface area (Å²) >= 11 is 0. The lowest BCUT2D eigenvalue weighted by atomic mass is 9.97. The summed E-state index contributed by atoms with van der Waals surface area (Å²) in [6, 6.07) is 16.4. The van der Waals surface area contributed by atoms with Crippen molar-refractivity contribution in [2.45, 2.75) is 52.6 Å². The van der Waals surface area contributed by atoms with E-state index in [0.29, 0.717) is 0 Å². The average molecular weight is 405 g/mol. The number of likely N-dealkylation sites (tertiary alicyclic amines) is 1. The number of rotatable bonds is 6. The fraction of sp³-hybridized carbons (Fsp3) is 0.385. The van der Waals surface area contributed by atoms with Gasteiger partial charge in [0.2, 0.25) is 0 Å². The molecule has 0 bridgehead atoms. The third kappa shape index (κ3) is 4.24. The molecule has 4 rings (SSSR count). The molecule has 1 aliphatic heterocycles. The minimum Gasteiger partial charge on any atom is -0.508 e. The van der Waals surface area contributed by atoms with Crippen LogP contribution in [0.1, 0.15) is 55.0 Å². The Labute approximate surface area is 179 Å². The Hall–Kier alpha value is -2.72. The van der Waals surface area contributed by atoms with Gasteiger partial charge in [0.25, 0.3) is 0 Å². The molecule has 0 atom stereocenters. The van der Waals surface area contributed by atoms with Crippen molar-refractivity contribution >= 4 is 0 Å². The standard InChI is InChI=1S/C26H32N2O2/c1-18(2)22-14-23(26(30)15-25(22)29)24-11-6-19(3)28(24)17-21-9-7-20(8-10-21)16-27-12-4-5-13-27/h6-11,14-15,18,29-30H,4-5,12-13,16-17H2,1-3H3. The zero-order chi connectivity index (χ0) is 21.3. The molecule has 1 saturated heterocycles. The van der Waals surface area contributed by atoms with Gasteiger partial charge in [-0.3, -0.25) is 4.90 Å². The summed E-state index contributed by atoms with van der Waals surface area (Å²) in [6.45, 7) is 10.4. The molecule has 0 aliphatic carbocycles. The third-order valence-corrected chi connectivity index (χ3v) is 6.21. The van der Waals surface area contributed by atoms with Crippen LogP contribution in [0.5, 0.6) is 11.5 Å². The second-order valence-electron chi connectivity index (χ2n) is 8.83. The van der Waals surface area contributed by atoms with Crippen LogP contribution in [0.4, 0.5) is 0 Å². The first-order valence-corrected chi connectivity index (χ1v) is 10.9. The number of nitrogens with zero attached hydrogens (tertiary/aromatic N) is 2. The second kappa shape index (κ2) is 8.57. The molecule has 0 saturated carbocycles. The highest BCUT2D eigenvalue weighted by molar-refractivity contribution is 5.71. The van der Waals surface area contributed by atoms with E-state index < -0.39 is 0 Å². The molecule has 2 N–H and O–H groups in total. The highest BCUT2D eigenvalue weighted by Crippen LogP contribution is 2.38. The average Bonchev–Trinajstić information content (AvgIpc) is 3.34. The maximum atomic E-state index is 10.5. The maximum Gasteiger partial charge on any atom is 0.128 e. The Bertz CT molecular complexity index is 1010. The summed E-state index contributed by atoms with van der Waals surface area (Å²) in [5.41, 5.74) is 6.32. The molecule has 3 aromatic rings. The Balaban J connectivity index is 1.60. The quantitative estimate of drug-likeness (QED) is 0.559. The highest BCUT2D eigenvalue weighted by Gasteiger charge is 2.17. The molecular weight excluding hydrogens is 372 g/mol. The second-order valence-corrected chi connectivity index (χ2v) is 8.83. The van der Waals surface area contributed by atoms with Crippen molar-refractivity contribution in [1.82, 2.24) is 9.47 Å². The minimum absolute atomic E-state index is 0.109. The Morgan fingerprint density at radius 2 is 1.47 bits per heavy atom. The van der Waals surface area contributed by atoms with E-state index in [9.17, 15) is 10.2 Å². The molecule has 2 aromatic carbocycles. The largest absolute Gasteiger partial charge is 0.508 e. The molecule has 0 spiro atoms. The maximum absolute atomic E-state index is 10.5. The minimum atomic E-state index is 0.109. The molecule has 0 radical (unpaired) electrons. The van der Waals surface area contributed by atoms with E-state index in [1.165, 1.54) is 43.1 Å². The molecule has 30 heavy (non-hydrogen) atoms. The van der Waals surface area contributed by atoms with Crippen LogP contribution in [-0.2, 0) is 13.1 Å². The van der Waals surface area contributed by atoms with Gasteiger partial charge in [0.15, 0.2) is 0 Å². The zero-order valence-corrected chi connectivity index (χ0v) is 18.2. The van der Waals surface area contributed by atoms with Crippen LogP contribution < -0.4 is 0 Å². The summed E-state index contributed by atoms with van der Waals surface area (Å²) in [4.78, 5) is 2.52. The highest BCUT2D eigenvalue weighted by atomic mass is 16.3. The topological polar surface area (TPSA) is 48.6 Å². The van der Waals surface area contributed by atoms with Crippen molar-refractivity contribution in [2.75, 3.05) is 13.1 Å². The van der Waals surface area contributed by atoms with Crippen molar-refractivity contribution in [3.63, 3.8) is 0 Å². The van der Waals surface area contributed by atoms with Gasteiger partial charge in [-0.1, -0.05) is 38.1 Å². The van der Waals surface area contributed by atoms with Crippen molar-refractivity contribution in [1.29, 1.82) is 0 Å². The number of phenolic OH excluding ortho intramolecular Hbond substituents is 2. The lowest BCUT2D eigenvalue weighted by Crippen LogP contribution is -2.18. The Kier molecular flexibility index (Phi) is 5.87. The van der Waals surface area contributed by atoms with Gasteiger partial charge in [-0.25, -0.2) is 0 Å². The van der Waals surface area contributed by atoms with E-state index >= 15 is 0 Å². The van der Waals surface area contributed by atoms with Crippen LogP contribution >= 0.6 is 0 Å². The van der Waals surface area contributed by atoms with E-state index in [1.54, 1.807) is 0 Å². The monoisotopic (exact) mass is 404 g/mol. The molecule has 4 heteroatoms. The van der Waals surface area contributed by atoms with E-state index in [4.69, 9.17) is 0 Å². The Morgan fingerprint density at radius 3 is 2.10 bits per heavy atom. The zero-order valence-electron chi connectivity index (χ0n) is 18.2. The lowest BCUT2D eigenvalue weighted by molar-refractivity contribution is 0.331. The first-order chi connectivity index (χ1) is 14.4. The summed E-state index contributed by atoms with van der Waals surface area (Å²) in [6.07, 6.45) is 2.63. The number of hydrogen-bond donors (Lipinski definition) is 2. The first-order valence-electron chi connectivity index (χ1n) is 10.9. The predicted octanol–water partition coefficient (Wildman–Crippen LogP) is 5.64. The fourth-order valence-corrected chi connectivity index (χ4v) is 4.41. The summed E-state index contributed by atoms with van der Waals surface area (Å²) in [5.74, 6) is 0.434. The fourth-order valence-electron chi connectivity index (χ4n) is 4.41. The normalized spacial score (nSPS) is 14.7. The lowest BCUT2D eigenvalue weighted by Gasteiger charge is -2.17. The van der Waals surface area contributed by atoms with E-state index in [1.807, 2.05) is 26.0 Å². The molecule has 1 aliphatic rings. The van der Waals surface area contributed by atoms with E-state index in [2.05, 4.69) is 46.7 Å². The predicted molar refractivity (Wildman–Crippen MR) is 122 cm³/mol. The molecular formula is C26H32N2O2. The number of aromatic hydroxyl groups is 2. The van der Waals surface area contributed by atoms with Crippen molar-refractivity contribution in [2.24, 2.45) is 0 Å². The van der Waals surface area contributed by atoms with Gasteiger partial charge in [0.05, 0.1) is 5.69 Å². The number of phenols is 2. The molecule has 4 nitrogen and oxygen atoms in total. The van der Waals surface area contributed by atoms with Crippen LogP contribution in [0.15, 0.2) is 48.5 Å². The van der Waals surface area contributed by atoms with E-state index in [-0.39, 0.29) is 17.4 Å². The molecule has 1 fully saturated rings. The molecule has 2 heterocycles. The van der Waals surface area contributed by atoms with Crippen molar-refractivity contribution < 1.29 is 10.2 Å². The van der Waals surface area contributed by atoms with Crippen LogP contribution in [0, 0.1) is 6.92 Å². The molecule has 158 valence electrons. The van der Waals surface area contributed by atoms with Gasteiger partial charge in [0, 0.05) is 30.4 Å². The number of benzene rings is 2. The SMILES string of the molecule is Cc1ccc(-c2cc(C(C)C)c(O)cc2O)n1Cc1ccc(CN2CCCC2)cc1. The van der Waals surface area contributed by atoms with Crippen LogP contribution in [-0.4, -0.2) is 32.8 Å². The molecule has 1 aromatic heterocycles. The van der Waals surface area contributed by atoms with Gasteiger partial charge in [-0.15, -0.1) is 0 Å². The summed E-state index contributed by atoms with van der Waals surface area (Å²) in [7, 11) is 0. The van der Waals surface area contributed by atoms with Gasteiger partial charge in [0.1, 0.15) is 11.5 Å². The summed E-state index contributed by atoms with van der Waals surface area (Å²) < 4.78 is 2.23. The third-order valence-electron chi connectivity index (χ3n) is 6.21. The van der Waals surface area contributed by atoms with Crippen molar-refractivity contribution in [3.05, 3.63) is 70.9 Å². The first kappa shape index (κ1) is 20.5. The van der Waals surface area contributed by atoms with Gasteiger partial charge in [-0.05, 0) is 73.7 Å². The molecule has 0 amide bonds. The van der Waals surface area contributed by atoms with E-state index in [0.717, 1.165) is 35.6 Å². The van der Waals surface area contributed by atoms with Gasteiger partial charge < -0.3 is 14.8 Å². The van der Waals surface area contributed by atoms with Crippen molar-refractivity contribution in [3.8, 4) is 22.8 Å². The van der Waals surface area contributed by atoms with Gasteiger partial charge >= 0.3 is 0 Å². The van der Waals surface area contributed by atoms with Gasteiger partial charge in [-0.2, -0.15) is 0 Å². The van der Waals surface area contributed by atoms with Crippen LogP contribution in [0.2, 0.25) is 0 Å². The number of aromatic nitrogens is 1. The van der Waals surface area contributed by atoms with Crippen LogP contribution in [0.3, 0.4) is 0 Å². The number of aryl methyl sites for hydroxylation is 1. The molecule has 0 unspecified atom stereocenters. The summed E-state index contributed by atoms with van der Waals surface area (Å²) in [5, 5.41) is 20.7. The number of hydrogen-bond acceptors (Lipinski definition) is 3.